The van der Waals surface area contributed by atoms with Gasteiger partial charge < -0.3 is 20.2 Å². The van der Waals surface area contributed by atoms with Gasteiger partial charge >= 0.3 is 5.69 Å². The van der Waals surface area contributed by atoms with Crippen LogP contribution < -0.4 is 11.4 Å². The van der Waals surface area contributed by atoms with Gasteiger partial charge in [-0.15, -0.1) is 0 Å². The summed E-state index contributed by atoms with van der Waals surface area (Å²) in [6, 6.07) is 9.41. The minimum atomic E-state index is -0.426. The number of rotatable bonds is 6. The molecule has 10 nitrogen and oxygen atoms in total. The molecule has 10 heteroatoms. The molecule has 0 amide bonds. The van der Waals surface area contributed by atoms with Crippen molar-refractivity contribution in [1.29, 1.82) is 10.8 Å². The second-order valence-corrected chi connectivity index (χ2v) is 5.73. The summed E-state index contributed by atoms with van der Waals surface area (Å²) < 4.78 is 11.4. The number of methoxy groups -OCH3 is 1. The minimum absolute atomic E-state index is 0.0238. The summed E-state index contributed by atoms with van der Waals surface area (Å²) in [5.41, 5.74) is 7.01. The van der Waals surface area contributed by atoms with E-state index >= 15 is 0 Å². The van der Waals surface area contributed by atoms with Crippen molar-refractivity contribution in [1.82, 2.24) is 19.5 Å². The largest absolute Gasteiger partial charge is 0.422 e. The second-order valence-electron chi connectivity index (χ2n) is 5.73. The maximum absolute atomic E-state index is 12.3. The molecule has 0 fully saturated rings. The first-order valence-electron chi connectivity index (χ1n) is 8.12. The van der Waals surface area contributed by atoms with Crippen molar-refractivity contribution >= 4 is 28.8 Å². The van der Waals surface area contributed by atoms with Crippen LogP contribution in [0.5, 0.6) is 0 Å². The van der Waals surface area contributed by atoms with E-state index in [2.05, 4.69) is 15.0 Å². The molecule has 0 aliphatic carbocycles. The fourth-order valence-corrected chi connectivity index (χ4v) is 2.48. The van der Waals surface area contributed by atoms with E-state index in [4.69, 9.17) is 26.0 Å². The van der Waals surface area contributed by atoms with Gasteiger partial charge in [-0.05, 0) is 5.56 Å². The monoisotopic (exact) mass is 369 g/mol. The lowest BCUT2D eigenvalue weighted by atomic mass is 10.2. The van der Waals surface area contributed by atoms with Crippen molar-refractivity contribution in [2.45, 2.75) is 13.0 Å². The van der Waals surface area contributed by atoms with Crippen LogP contribution in [0.2, 0.25) is 0 Å². The third-order valence-electron chi connectivity index (χ3n) is 3.80. The Balaban J connectivity index is 1.95. The van der Waals surface area contributed by atoms with E-state index in [0.29, 0.717) is 12.1 Å². The second kappa shape index (κ2) is 7.79. The highest BCUT2D eigenvalue weighted by Crippen LogP contribution is 2.16. The zero-order chi connectivity index (χ0) is 19.4. The molecule has 0 saturated heterocycles. The van der Waals surface area contributed by atoms with E-state index < -0.39 is 5.90 Å². The van der Waals surface area contributed by atoms with E-state index in [9.17, 15) is 4.79 Å². The van der Waals surface area contributed by atoms with Crippen LogP contribution in [0.4, 0.5) is 5.82 Å². The van der Waals surface area contributed by atoms with Gasteiger partial charge in [-0.25, -0.2) is 14.8 Å². The standard InChI is InChI=1S/C17H19N7O3/c1-26-8-7-11(18)27-14(20)15-22-13(19)12-16(23-15)24(17(25)21-12)9-10-5-3-2-4-6-10/h2-6,18,20H,7-9H2,1H3,(H,21,25)(H2,19,22,23). The van der Waals surface area contributed by atoms with Gasteiger partial charge in [0.15, 0.2) is 17.4 Å². The van der Waals surface area contributed by atoms with Gasteiger partial charge in [0.1, 0.15) is 5.52 Å². The molecule has 2 aromatic heterocycles. The van der Waals surface area contributed by atoms with E-state index in [1.807, 2.05) is 30.3 Å². The Morgan fingerprint density at radius 2 is 2.00 bits per heavy atom. The van der Waals surface area contributed by atoms with Crippen molar-refractivity contribution in [3.63, 3.8) is 0 Å². The molecule has 0 bridgehead atoms. The predicted molar refractivity (Wildman–Crippen MR) is 100 cm³/mol. The summed E-state index contributed by atoms with van der Waals surface area (Å²) in [4.78, 5) is 23.2. The molecule has 3 aromatic rings. The number of ether oxygens (including phenoxy) is 2. The van der Waals surface area contributed by atoms with Crippen LogP contribution in [0.25, 0.3) is 11.2 Å². The van der Waals surface area contributed by atoms with Crippen LogP contribution >= 0.6 is 0 Å². The third-order valence-corrected chi connectivity index (χ3v) is 3.80. The average Bonchev–Trinajstić information content (AvgIpc) is 2.97. The Labute approximate surface area is 154 Å². The number of nitrogen functional groups attached to an aromatic ring is 1. The average molecular weight is 369 g/mol. The summed E-state index contributed by atoms with van der Waals surface area (Å²) in [7, 11) is 1.51. The van der Waals surface area contributed by atoms with Gasteiger partial charge in [0.05, 0.1) is 13.2 Å². The zero-order valence-electron chi connectivity index (χ0n) is 14.7. The third kappa shape index (κ3) is 4.01. The highest BCUT2D eigenvalue weighted by Gasteiger charge is 2.18. The number of fused-ring (bicyclic) bond motifs is 1. The quantitative estimate of drug-likeness (QED) is 0.377. The first-order valence-corrected chi connectivity index (χ1v) is 8.12. The van der Waals surface area contributed by atoms with Gasteiger partial charge in [0.2, 0.25) is 5.82 Å². The first-order chi connectivity index (χ1) is 13.0. The van der Waals surface area contributed by atoms with Gasteiger partial charge in [-0.1, -0.05) is 30.3 Å². The van der Waals surface area contributed by atoms with Crippen LogP contribution in [0, 0.1) is 10.8 Å². The lowest BCUT2D eigenvalue weighted by molar-refractivity contribution is 0.203. The van der Waals surface area contributed by atoms with E-state index in [1.54, 1.807) is 0 Å². The van der Waals surface area contributed by atoms with Crippen molar-refractivity contribution in [2.75, 3.05) is 19.5 Å². The summed E-state index contributed by atoms with van der Waals surface area (Å²) in [5.74, 6) is -0.664. The molecule has 0 aliphatic heterocycles. The molecule has 0 saturated carbocycles. The number of hydrogen-bond donors (Lipinski definition) is 4. The molecule has 3 rings (SSSR count). The number of hydrogen-bond acceptors (Lipinski definition) is 8. The number of aromatic amines is 1. The van der Waals surface area contributed by atoms with Crippen molar-refractivity contribution in [2.24, 2.45) is 0 Å². The fourth-order valence-electron chi connectivity index (χ4n) is 2.48. The molecular weight excluding hydrogens is 350 g/mol. The first kappa shape index (κ1) is 18.3. The van der Waals surface area contributed by atoms with Crippen LogP contribution in [-0.2, 0) is 16.0 Å². The molecule has 1 aromatic carbocycles. The van der Waals surface area contributed by atoms with Gasteiger partial charge in [0, 0.05) is 13.5 Å². The number of nitrogens with zero attached hydrogens (tertiary/aromatic N) is 3. The molecular formula is C17H19N7O3. The normalized spacial score (nSPS) is 10.9. The van der Waals surface area contributed by atoms with Crippen molar-refractivity contribution in [3.05, 3.63) is 52.2 Å². The Morgan fingerprint density at radius 3 is 2.70 bits per heavy atom. The topological polar surface area (TPSA) is 156 Å². The lowest BCUT2D eigenvalue weighted by Crippen LogP contribution is -2.19. The number of H-pyrrole nitrogens is 1. The molecule has 0 radical (unpaired) electrons. The number of nitrogens with one attached hydrogen (secondary N) is 3. The molecule has 140 valence electrons. The number of aromatic nitrogens is 4. The fraction of sp³-hybridized carbons (Fsp3) is 0.235. The van der Waals surface area contributed by atoms with Crippen LogP contribution in [-0.4, -0.2) is 45.0 Å². The number of imidazole rings is 1. The highest BCUT2D eigenvalue weighted by molar-refractivity contribution is 5.98. The maximum atomic E-state index is 12.3. The molecule has 0 atom stereocenters. The zero-order valence-corrected chi connectivity index (χ0v) is 14.7. The molecule has 0 unspecified atom stereocenters. The smallest absolute Gasteiger partial charge is 0.328 e. The summed E-state index contributed by atoms with van der Waals surface area (Å²) in [6.07, 6.45) is 0.208. The van der Waals surface area contributed by atoms with E-state index in [-0.39, 0.29) is 41.8 Å². The van der Waals surface area contributed by atoms with Crippen molar-refractivity contribution in [3.8, 4) is 0 Å². The lowest BCUT2D eigenvalue weighted by Gasteiger charge is -2.08. The Hall–Kier alpha value is -3.53. The summed E-state index contributed by atoms with van der Waals surface area (Å²) in [5, 5.41) is 15.7. The van der Waals surface area contributed by atoms with Crippen LogP contribution in [0.15, 0.2) is 35.1 Å². The molecule has 0 aliphatic rings. The molecule has 27 heavy (non-hydrogen) atoms. The van der Waals surface area contributed by atoms with Gasteiger partial charge in [-0.3, -0.25) is 15.4 Å². The summed E-state index contributed by atoms with van der Waals surface area (Å²) >= 11 is 0. The Kier molecular flexibility index (Phi) is 5.27. The summed E-state index contributed by atoms with van der Waals surface area (Å²) in [6.45, 7) is 0.579. The van der Waals surface area contributed by atoms with Crippen LogP contribution in [0.3, 0.4) is 0 Å². The highest BCUT2D eigenvalue weighted by atomic mass is 16.5. The van der Waals surface area contributed by atoms with Gasteiger partial charge in [-0.2, -0.15) is 0 Å². The SMILES string of the molecule is COCCC(=N)OC(=N)c1nc(N)c2[nH]c(=O)n(Cc3ccccc3)c2n1. The van der Waals surface area contributed by atoms with Gasteiger partial charge in [0.25, 0.3) is 5.90 Å². The minimum Gasteiger partial charge on any atom is -0.422 e. The molecule has 2 heterocycles. The Morgan fingerprint density at radius 1 is 1.26 bits per heavy atom. The number of benzene rings is 1. The molecule has 5 N–H and O–H groups in total. The van der Waals surface area contributed by atoms with E-state index in [0.717, 1.165) is 5.56 Å². The van der Waals surface area contributed by atoms with E-state index in [1.165, 1.54) is 11.7 Å². The molecule has 0 spiro atoms. The van der Waals surface area contributed by atoms with Crippen LogP contribution in [0.1, 0.15) is 17.8 Å². The number of nitrogens with two attached hydrogens (primary N) is 1. The predicted octanol–water partition coefficient (Wildman–Crippen LogP) is 1.11. The van der Waals surface area contributed by atoms with Crippen molar-refractivity contribution < 1.29 is 9.47 Å². The number of anilines is 1. The Bertz CT molecular complexity index is 1040. The maximum Gasteiger partial charge on any atom is 0.328 e.